The van der Waals surface area contributed by atoms with Crippen LogP contribution in [0.3, 0.4) is 0 Å². The summed E-state index contributed by atoms with van der Waals surface area (Å²) in [5.74, 6) is -0.433. The van der Waals surface area contributed by atoms with Crippen LogP contribution in [0.5, 0.6) is 0 Å². The van der Waals surface area contributed by atoms with Gasteiger partial charge in [-0.05, 0) is 55.3 Å². The van der Waals surface area contributed by atoms with E-state index in [2.05, 4.69) is 15.4 Å². The topological polar surface area (TPSA) is 81.8 Å². The van der Waals surface area contributed by atoms with Gasteiger partial charge >= 0.3 is 0 Å². The molecular weight excluding hydrogens is 390 g/mol. The summed E-state index contributed by atoms with van der Waals surface area (Å²) in [6, 6.07) is 12.6. The molecule has 0 aliphatic rings. The minimum Gasteiger partial charge on any atom is -0.320 e. The summed E-state index contributed by atoms with van der Waals surface area (Å²) in [5, 5.41) is 7.87. The molecule has 29 heavy (non-hydrogen) atoms. The Morgan fingerprint density at radius 1 is 1.10 bits per heavy atom. The Morgan fingerprint density at radius 2 is 1.83 bits per heavy atom. The van der Waals surface area contributed by atoms with Gasteiger partial charge in [0.05, 0.1) is 12.0 Å². The van der Waals surface area contributed by atoms with Gasteiger partial charge in [-0.2, -0.15) is 5.10 Å². The maximum atomic E-state index is 13.0. The van der Waals surface area contributed by atoms with Crippen LogP contribution in [0.1, 0.15) is 21.6 Å². The minimum absolute atomic E-state index is 0.0774. The molecule has 4 aromatic rings. The highest BCUT2D eigenvalue weighted by atomic mass is 35.5. The summed E-state index contributed by atoms with van der Waals surface area (Å²) < 4.78 is 2.78. The van der Waals surface area contributed by atoms with E-state index in [1.54, 1.807) is 31.3 Å². The minimum atomic E-state index is -0.433. The Kier molecular flexibility index (Phi) is 4.68. The zero-order chi connectivity index (χ0) is 20.7. The number of benzene rings is 2. The van der Waals surface area contributed by atoms with Crippen LogP contribution < -0.4 is 10.9 Å². The maximum Gasteiger partial charge on any atom is 0.279 e. The van der Waals surface area contributed by atoms with E-state index in [4.69, 9.17) is 11.6 Å². The average molecular weight is 408 g/mol. The van der Waals surface area contributed by atoms with Crippen LogP contribution in [0.2, 0.25) is 5.02 Å². The first kappa shape index (κ1) is 18.9. The summed E-state index contributed by atoms with van der Waals surface area (Å²) >= 11 is 5.98. The Labute approximate surface area is 171 Å². The van der Waals surface area contributed by atoms with E-state index in [1.807, 2.05) is 32.0 Å². The smallest absolute Gasteiger partial charge is 0.279 e. The summed E-state index contributed by atoms with van der Waals surface area (Å²) in [5.41, 5.74) is 3.48. The maximum absolute atomic E-state index is 13.0. The lowest BCUT2D eigenvalue weighted by atomic mass is 10.1. The van der Waals surface area contributed by atoms with Crippen molar-refractivity contribution in [3.05, 3.63) is 81.0 Å². The molecule has 0 spiro atoms. The van der Waals surface area contributed by atoms with Gasteiger partial charge in [0.25, 0.3) is 11.5 Å². The third-order valence-electron chi connectivity index (χ3n) is 4.67. The number of nitrogens with zero attached hydrogens (tertiary/aromatic N) is 4. The van der Waals surface area contributed by atoms with E-state index in [-0.39, 0.29) is 22.3 Å². The van der Waals surface area contributed by atoms with E-state index in [9.17, 15) is 9.59 Å². The van der Waals surface area contributed by atoms with E-state index in [0.717, 1.165) is 11.1 Å². The number of hydrogen-bond acceptors (Lipinski definition) is 4. The summed E-state index contributed by atoms with van der Waals surface area (Å²) in [6.07, 6.45) is 1.38. The second-order valence-corrected chi connectivity index (χ2v) is 7.30. The van der Waals surface area contributed by atoms with Crippen LogP contribution in [-0.2, 0) is 7.05 Å². The van der Waals surface area contributed by atoms with Crippen LogP contribution in [0.15, 0.2) is 53.6 Å². The number of amides is 1. The van der Waals surface area contributed by atoms with Gasteiger partial charge in [-0.3, -0.25) is 9.59 Å². The van der Waals surface area contributed by atoms with Crippen LogP contribution in [0, 0.1) is 13.8 Å². The third-order valence-corrected chi connectivity index (χ3v) is 4.92. The first-order valence-electron chi connectivity index (χ1n) is 8.94. The highest BCUT2D eigenvalue weighted by molar-refractivity contribution is 6.30. The standard InChI is InChI=1S/C21H18ClN5O2/c1-12-4-5-13(2)16(10-12)24-20(28)18-17-19(21(29)26(3)11-23-17)27(25-18)15-8-6-14(22)7-9-15/h4-11H,1-3H3,(H,24,28). The molecule has 1 N–H and O–H groups in total. The largest absolute Gasteiger partial charge is 0.320 e. The van der Waals surface area contributed by atoms with Crippen molar-refractivity contribution in [3.8, 4) is 5.69 Å². The summed E-state index contributed by atoms with van der Waals surface area (Å²) in [4.78, 5) is 30.1. The molecule has 0 saturated heterocycles. The predicted molar refractivity (Wildman–Crippen MR) is 113 cm³/mol. The molecule has 0 radical (unpaired) electrons. The molecule has 8 heteroatoms. The molecule has 2 heterocycles. The van der Waals surface area contributed by atoms with E-state index in [1.165, 1.54) is 15.6 Å². The molecule has 2 aromatic carbocycles. The van der Waals surface area contributed by atoms with E-state index >= 15 is 0 Å². The highest BCUT2D eigenvalue weighted by Gasteiger charge is 2.22. The Hall–Kier alpha value is -3.45. The molecule has 1 amide bonds. The van der Waals surface area contributed by atoms with Gasteiger partial charge in [-0.1, -0.05) is 23.7 Å². The van der Waals surface area contributed by atoms with Crippen LogP contribution >= 0.6 is 11.6 Å². The lowest BCUT2D eigenvalue weighted by Crippen LogP contribution is -2.19. The first-order valence-corrected chi connectivity index (χ1v) is 9.32. The molecule has 0 atom stereocenters. The SMILES string of the molecule is Cc1ccc(C)c(NC(=O)c2nn(-c3ccc(Cl)cc3)c3c(=O)n(C)cnc23)c1. The number of fused-ring (bicyclic) bond motifs is 1. The first-order chi connectivity index (χ1) is 13.8. The van der Waals surface area contributed by atoms with Gasteiger partial charge in [0.15, 0.2) is 11.2 Å². The molecule has 0 saturated carbocycles. The van der Waals surface area contributed by atoms with Crippen molar-refractivity contribution in [2.75, 3.05) is 5.32 Å². The lowest BCUT2D eigenvalue weighted by molar-refractivity contribution is 0.102. The van der Waals surface area contributed by atoms with Gasteiger partial charge < -0.3 is 9.88 Å². The van der Waals surface area contributed by atoms with Crippen molar-refractivity contribution in [2.24, 2.45) is 7.05 Å². The number of anilines is 1. The monoisotopic (exact) mass is 407 g/mol. The van der Waals surface area contributed by atoms with Crippen molar-refractivity contribution in [1.29, 1.82) is 0 Å². The molecule has 0 bridgehead atoms. The highest BCUT2D eigenvalue weighted by Crippen LogP contribution is 2.22. The van der Waals surface area contributed by atoms with Crippen LogP contribution in [0.4, 0.5) is 5.69 Å². The predicted octanol–water partition coefficient (Wildman–Crippen LogP) is 3.64. The number of carbonyl (C=O) groups excluding carboxylic acids is 1. The second-order valence-electron chi connectivity index (χ2n) is 6.87. The molecule has 0 aliphatic heterocycles. The molecule has 146 valence electrons. The molecule has 4 rings (SSSR count). The molecule has 0 unspecified atom stereocenters. The number of aromatic nitrogens is 4. The molecule has 7 nitrogen and oxygen atoms in total. The van der Waals surface area contributed by atoms with Gasteiger partial charge in [0.2, 0.25) is 0 Å². The van der Waals surface area contributed by atoms with E-state index < -0.39 is 5.91 Å². The van der Waals surface area contributed by atoms with Crippen molar-refractivity contribution in [3.63, 3.8) is 0 Å². The lowest BCUT2D eigenvalue weighted by Gasteiger charge is -2.08. The molecular formula is C21H18ClN5O2. The fraction of sp³-hybridized carbons (Fsp3) is 0.143. The van der Waals surface area contributed by atoms with Crippen LogP contribution in [-0.4, -0.2) is 25.2 Å². The fourth-order valence-corrected chi connectivity index (χ4v) is 3.19. The van der Waals surface area contributed by atoms with Crippen LogP contribution in [0.25, 0.3) is 16.7 Å². The van der Waals surface area contributed by atoms with Crippen molar-refractivity contribution in [2.45, 2.75) is 13.8 Å². The van der Waals surface area contributed by atoms with E-state index in [0.29, 0.717) is 16.4 Å². The number of hydrogen-bond donors (Lipinski definition) is 1. The number of carbonyl (C=O) groups is 1. The molecule has 2 aromatic heterocycles. The molecule has 0 fully saturated rings. The fourth-order valence-electron chi connectivity index (χ4n) is 3.06. The third kappa shape index (κ3) is 3.40. The number of nitrogens with one attached hydrogen (secondary N) is 1. The Morgan fingerprint density at radius 3 is 2.55 bits per heavy atom. The summed E-state index contributed by atoms with van der Waals surface area (Å²) in [6.45, 7) is 3.86. The zero-order valence-corrected chi connectivity index (χ0v) is 16.9. The Balaban J connectivity index is 1.88. The van der Waals surface area contributed by atoms with Crippen molar-refractivity contribution in [1.82, 2.24) is 19.3 Å². The zero-order valence-electron chi connectivity index (χ0n) is 16.1. The van der Waals surface area contributed by atoms with Crippen molar-refractivity contribution < 1.29 is 4.79 Å². The van der Waals surface area contributed by atoms with Gasteiger partial charge in [-0.15, -0.1) is 0 Å². The number of halogens is 1. The molecule has 0 aliphatic carbocycles. The summed E-state index contributed by atoms with van der Waals surface area (Å²) in [7, 11) is 1.60. The van der Waals surface area contributed by atoms with Gasteiger partial charge in [0, 0.05) is 17.8 Å². The number of rotatable bonds is 3. The number of aryl methyl sites for hydroxylation is 3. The average Bonchev–Trinajstić information content (AvgIpc) is 3.08. The normalized spacial score (nSPS) is 11.0. The van der Waals surface area contributed by atoms with Gasteiger partial charge in [-0.25, -0.2) is 9.67 Å². The second kappa shape index (κ2) is 7.18. The van der Waals surface area contributed by atoms with Gasteiger partial charge in [0.1, 0.15) is 5.52 Å². The Bertz CT molecular complexity index is 1310. The van der Waals surface area contributed by atoms with Crippen molar-refractivity contribution >= 4 is 34.2 Å². The quantitative estimate of drug-likeness (QED) is 0.562.